The first-order valence-electron chi connectivity index (χ1n) is 4.44. The molecule has 4 nitrogen and oxygen atoms in total. The first kappa shape index (κ1) is 9.02. The number of nitrogens with zero attached hydrogens (tertiary/aromatic N) is 1. The largest absolute Gasteiger partial charge is 0.508 e. The molecular weight excluding hydrogens is 182 g/mol. The predicted molar refractivity (Wildman–Crippen MR) is 50.4 cm³/mol. The SMILES string of the molecule is Cc1cc(O)c2c(c1)N(O)C(=O)CC2. The number of hydrogen-bond acceptors (Lipinski definition) is 3. The van der Waals surface area contributed by atoms with Crippen LogP contribution in [0.2, 0.25) is 0 Å². The Morgan fingerprint density at radius 3 is 2.79 bits per heavy atom. The minimum absolute atomic E-state index is 0.145. The van der Waals surface area contributed by atoms with E-state index in [1.54, 1.807) is 19.1 Å². The van der Waals surface area contributed by atoms with Crippen LogP contribution in [0.4, 0.5) is 5.69 Å². The number of carbonyl (C=O) groups excluding carboxylic acids is 1. The lowest BCUT2D eigenvalue weighted by Crippen LogP contribution is -2.31. The molecule has 0 saturated heterocycles. The van der Waals surface area contributed by atoms with Crippen LogP contribution in [0.1, 0.15) is 17.5 Å². The van der Waals surface area contributed by atoms with Crippen molar-refractivity contribution in [3.05, 3.63) is 23.3 Å². The zero-order chi connectivity index (χ0) is 10.3. The second-order valence-electron chi connectivity index (χ2n) is 3.49. The van der Waals surface area contributed by atoms with Crippen molar-refractivity contribution >= 4 is 11.6 Å². The van der Waals surface area contributed by atoms with Crippen LogP contribution in [0.5, 0.6) is 5.75 Å². The molecule has 0 bridgehead atoms. The van der Waals surface area contributed by atoms with Gasteiger partial charge in [-0.2, -0.15) is 5.06 Å². The molecule has 0 atom stereocenters. The molecule has 0 radical (unpaired) electrons. The van der Waals surface area contributed by atoms with Crippen LogP contribution in [0, 0.1) is 6.92 Å². The van der Waals surface area contributed by atoms with Crippen LogP contribution >= 0.6 is 0 Å². The lowest BCUT2D eigenvalue weighted by Gasteiger charge is -2.24. The number of aryl methyl sites for hydroxylation is 1. The highest BCUT2D eigenvalue weighted by Gasteiger charge is 2.25. The molecule has 1 aliphatic rings. The Labute approximate surface area is 81.3 Å². The minimum atomic E-state index is -0.331. The molecule has 0 fully saturated rings. The number of hydroxylamine groups is 1. The van der Waals surface area contributed by atoms with E-state index in [0.29, 0.717) is 22.7 Å². The van der Waals surface area contributed by atoms with Gasteiger partial charge in [0.25, 0.3) is 5.91 Å². The van der Waals surface area contributed by atoms with Crippen molar-refractivity contribution in [2.45, 2.75) is 19.8 Å². The Kier molecular flexibility index (Phi) is 1.93. The second kappa shape index (κ2) is 2.99. The van der Waals surface area contributed by atoms with Gasteiger partial charge in [-0.15, -0.1) is 0 Å². The maximum absolute atomic E-state index is 11.2. The molecule has 4 heteroatoms. The number of aromatic hydroxyl groups is 1. The summed E-state index contributed by atoms with van der Waals surface area (Å²) >= 11 is 0. The number of amides is 1. The quantitative estimate of drug-likeness (QED) is 0.612. The Bertz CT molecular complexity index is 401. The van der Waals surface area contributed by atoms with Gasteiger partial charge in [0, 0.05) is 12.0 Å². The third kappa shape index (κ3) is 1.24. The molecule has 1 aromatic rings. The number of phenolic OH excluding ortho intramolecular Hbond substituents is 1. The van der Waals surface area contributed by atoms with Crippen molar-refractivity contribution in [2.75, 3.05) is 5.06 Å². The molecule has 1 aliphatic heterocycles. The Morgan fingerprint density at radius 1 is 1.36 bits per heavy atom. The lowest BCUT2D eigenvalue weighted by atomic mass is 10.00. The average Bonchev–Trinajstić information content (AvgIpc) is 2.12. The normalized spacial score (nSPS) is 15.6. The van der Waals surface area contributed by atoms with Gasteiger partial charge in [0.05, 0.1) is 5.69 Å². The molecule has 2 N–H and O–H groups in total. The van der Waals surface area contributed by atoms with Crippen molar-refractivity contribution in [1.82, 2.24) is 0 Å². The van der Waals surface area contributed by atoms with Crippen molar-refractivity contribution in [1.29, 1.82) is 0 Å². The van der Waals surface area contributed by atoms with Gasteiger partial charge in [-0.1, -0.05) is 0 Å². The van der Waals surface area contributed by atoms with Crippen LogP contribution in [-0.4, -0.2) is 16.2 Å². The first-order valence-corrected chi connectivity index (χ1v) is 4.44. The molecule has 0 saturated carbocycles. The van der Waals surface area contributed by atoms with Gasteiger partial charge >= 0.3 is 0 Å². The second-order valence-corrected chi connectivity index (χ2v) is 3.49. The maximum Gasteiger partial charge on any atom is 0.251 e. The van der Waals surface area contributed by atoms with Gasteiger partial charge in [-0.25, -0.2) is 0 Å². The monoisotopic (exact) mass is 193 g/mol. The Balaban J connectivity index is 2.59. The molecule has 74 valence electrons. The van der Waals surface area contributed by atoms with E-state index in [-0.39, 0.29) is 18.1 Å². The number of carbonyl (C=O) groups is 1. The summed E-state index contributed by atoms with van der Waals surface area (Å²) in [6, 6.07) is 3.31. The zero-order valence-electron chi connectivity index (χ0n) is 7.82. The van der Waals surface area contributed by atoms with Crippen molar-refractivity contribution in [3.63, 3.8) is 0 Å². The molecule has 1 amide bonds. The molecule has 0 unspecified atom stereocenters. The van der Waals surface area contributed by atoms with E-state index < -0.39 is 0 Å². The fourth-order valence-electron chi connectivity index (χ4n) is 1.70. The Hall–Kier alpha value is -1.55. The van der Waals surface area contributed by atoms with E-state index in [2.05, 4.69) is 0 Å². The number of fused-ring (bicyclic) bond motifs is 1. The topological polar surface area (TPSA) is 60.8 Å². The summed E-state index contributed by atoms with van der Waals surface area (Å²) in [7, 11) is 0. The summed E-state index contributed by atoms with van der Waals surface area (Å²) in [5.74, 6) is -0.186. The summed E-state index contributed by atoms with van der Waals surface area (Å²) in [5.41, 5.74) is 1.85. The van der Waals surface area contributed by atoms with Gasteiger partial charge in [-0.05, 0) is 31.0 Å². The number of phenols is 1. The van der Waals surface area contributed by atoms with Crippen molar-refractivity contribution in [2.24, 2.45) is 0 Å². The van der Waals surface area contributed by atoms with Crippen LogP contribution < -0.4 is 5.06 Å². The van der Waals surface area contributed by atoms with E-state index in [4.69, 9.17) is 0 Å². The maximum atomic E-state index is 11.2. The fraction of sp³-hybridized carbons (Fsp3) is 0.300. The summed E-state index contributed by atoms with van der Waals surface area (Å²) in [6.07, 6.45) is 0.720. The molecule has 0 aliphatic carbocycles. The van der Waals surface area contributed by atoms with Gasteiger partial charge in [-0.3, -0.25) is 10.0 Å². The van der Waals surface area contributed by atoms with Crippen molar-refractivity contribution < 1.29 is 15.1 Å². The van der Waals surface area contributed by atoms with Gasteiger partial charge in [0.1, 0.15) is 5.75 Å². The Morgan fingerprint density at radius 2 is 2.07 bits per heavy atom. The van der Waals surface area contributed by atoms with Gasteiger partial charge in [0.2, 0.25) is 0 Å². The van der Waals surface area contributed by atoms with E-state index in [0.717, 1.165) is 5.56 Å². The summed E-state index contributed by atoms with van der Waals surface area (Å²) in [6.45, 7) is 1.80. The number of hydrogen-bond donors (Lipinski definition) is 2. The number of anilines is 1. The smallest absolute Gasteiger partial charge is 0.251 e. The van der Waals surface area contributed by atoms with E-state index >= 15 is 0 Å². The van der Waals surface area contributed by atoms with Crippen LogP contribution in [0.25, 0.3) is 0 Å². The molecular formula is C10H11NO3. The first-order chi connectivity index (χ1) is 6.59. The standard InChI is InChI=1S/C10H11NO3/c1-6-4-8-7(9(12)5-6)2-3-10(13)11(8)14/h4-5,12,14H,2-3H2,1H3. The third-order valence-corrected chi connectivity index (χ3v) is 2.40. The molecule has 1 aromatic carbocycles. The summed E-state index contributed by atoms with van der Waals surface area (Å²) in [4.78, 5) is 11.2. The molecule has 14 heavy (non-hydrogen) atoms. The summed E-state index contributed by atoms with van der Waals surface area (Å²) < 4.78 is 0. The third-order valence-electron chi connectivity index (χ3n) is 2.40. The molecule has 2 rings (SSSR count). The molecule has 0 spiro atoms. The zero-order valence-corrected chi connectivity index (χ0v) is 7.82. The highest BCUT2D eigenvalue weighted by Crippen LogP contribution is 2.34. The highest BCUT2D eigenvalue weighted by molar-refractivity contribution is 5.94. The van der Waals surface area contributed by atoms with Crippen LogP contribution in [0.3, 0.4) is 0 Å². The van der Waals surface area contributed by atoms with E-state index in [9.17, 15) is 15.1 Å². The number of benzene rings is 1. The van der Waals surface area contributed by atoms with Crippen LogP contribution in [0.15, 0.2) is 12.1 Å². The predicted octanol–water partition coefficient (Wildman–Crippen LogP) is 1.37. The van der Waals surface area contributed by atoms with E-state index in [1.165, 1.54) is 0 Å². The van der Waals surface area contributed by atoms with Gasteiger partial charge < -0.3 is 5.11 Å². The average molecular weight is 193 g/mol. The van der Waals surface area contributed by atoms with E-state index in [1.807, 2.05) is 0 Å². The molecule has 1 heterocycles. The summed E-state index contributed by atoms with van der Waals surface area (Å²) in [5, 5.41) is 19.7. The minimum Gasteiger partial charge on any atom is -0.508 e. The highest BCUT2D eigenvalue weighted by atomic mass is 16.5. The van der Waals surface area contributed by atoms with Crippen molar-refractivity contribution in [3.8, 4) is 5.75 Å². The fourth-order valence-corrected chi connectivity index (χ4v) is 1.70. The number of rotatable bonds is 0. The van der Waals surface area contributed by atoms with Crippen LogP contribution in [-0.2, 0) is 11.2 Å². The van der Waals surface area contributed by atoms with Gasteiger partial charge in [0.15, 0.2) is 0 Å². The molecule has 0 aromatic heterocycles. The lowest BCUT2D eigenvalue weighted by molar-refractivity contribution is -0.124.